The minimum atomic E-state index is -3.68. The highest BCUT2D eigenvalue weighted by molar-refractivity contribution is 7.89. The number of hydrogen-bond acceptors (Lipinski definition) is 4. The smallest absolute Gasteiger partial charge is 0.245 e. The van der Waals surface area contributed by atoms with Crippen molar-refractivity contribution in [2.24, 2.45) is 51.8 Å². The van der Waals surface area contributed by atoms with Crippen molar-refractivity contribution in [3.8, 4) is 0 Å². The Morgan fingerprint density at radius 3 is 2.33 bits per heavy atom. The zero-order valence-electron chi connectivity index (χ0n) is 23.9. The molecule has 5 fully saturated rings. The van der Waals surface area contributed by atoms with Gasteiger partial charge < -0.3 is 4.74 Å². The molecule has 0 N–H and O–H groups in total. The summed E-state index contributed by atoms with van der Waals surface area (Å²) in [6.45, 7) is 12.2. The third-order valence-corrected chi connectivity index (χ3v) is 13.9. The molecule has 1 aliphatic heterocycles. The number of hydrogen-bond donors (Lipinski definition) is 0. The molecule has 0 aromatic carbocycles. The molecule has 1 saturated heterocycles. The van der Waals surface area contributed by atoms with Gasteiger partial charge in [0.1, 0.15) is 0 Å². The molecule has 1 spiro atoms. The largest absolute Gasteiger partial charge is 0.358 e. The van der Waals surface area contributed by atoms with E-state index < -0.39 is 21.2 Å². The number of amides is 1. The summed E-state index contributed by atoms with van der Waals surface area (Å²) in [4.78, 5) is 14.1. The van der Waals surface area contributed by atoms with E-state index in [1.807, 2.05) is 0 Å². The van der Waals surface area contributed by atoms with Gasteiger partial charge in [0.05, 0.1) is 11.7 Å². The first-order valence-electron chi connectivity index (χ1n) is 14.9. The van der Waals surface area contributed by atoms with E-state index in [1.165, 1.54) is 55.5 Å². The number of methoxy groups -OCH3 is 1. The van der Waals surface area contributed by atoms with Crippen molar-refractivity contribution in [2.75, 3.05) is 13.4 Å². The van der Waals surface area contributed by atoms with Gasteiger partial charge in [-0.3, -0.25) is 4.79 Å². The number of carbonyl (C=O) groups excluding carboxylic acids is 1. The summed E-state index contributed by atoms with van der Waals surface area (Å²) < 4.78 is 32.7. The molecular weight excluding hydrogens is 470 g/mol. The maximum atomic E-state index is 14.1. The molecule has 5 aliphatic rings. The van der Waals surface area contributed by atoms with Crippen molar-refractivity contribution in [1.29, 1.82) is 0 Å². The highest BCUT2D eigenvalue weighted by Gasteiger charge is 2.76. The Hall–Kier alpha value is -0.620. The fourth-order valence-corrected chi connectivity index (χ4v) is 12.3. The van der Waals surface area contributed by atoms with Crippen LogP contribution in [0, 0.1) is 51.8 Å². The molecule has 4 aliphatic carbocycles. The van der Waals surface area contributed by atoms with Crippen molar-refractivity contribution in [2.45, 2.75) is 117 Å². The van der Waals surface area contributed by atoms with Gasteiger partial charge >= 0.3 is 0 Å². The summed E-state index contributed by atoms with van der Waals surface area (Å²) in [6.07, 6.45) is 14.3. The second kappa shape index (κ2) is 8.69. The third kappa shape index (κ3) is 3.54. The van der Waals surface area contributed by atoms with E-state index in [0.29, 0.717) is 30.1 Å². The van der Waals surface area contributed by atoms with E-state index in [1.54, 1.807) is 7.11 Å². The number of nitrogens with zero attached hydrogens (tertiary/aromatic N) is 1. The lowest BCUT2D eigenvalue weighted by Crippen LogP contribution is -2.60. The number of sulfonamides is 1. The minimum absolute atomic E-state index is 0.142. The van der Waals surface area contributed by atoms with E-state index in [0.717, 1.165) is 42.9 Å². The molecule has 36 heavy (non-hydrogen) atoms. The van der Waals surface area contributed by atoms with Gasteiger partial charge in [-0.05, 0) is 97.7 Å². The van der Waals surface area contributed by atoms with Crippen LogP contribution >= 0.6 is 0 Å². The molecule has 1 amide bonds. The number of ether oxygens (including phenoxy) is 1. The van der Waals surface area contributed by atoms with Crippen LogP contribution in [-0.4, -0.2) is 37.7 Å². The van der Waals surface area contributed by atoms with Crippen LogP contribution in [0.25, 0.3) is 0 Å². The van der Waals surface area contributed by atoms with Gasteiger partial charge in [0, 0.05) is 13.5 Å². The lowest BCUT2D eigenvalue weighted by Gasteiger charge is -2.63. The average Bonchev–Trinajstić information content (AvgIpc) is 3.25. The van der Waals surface area contributed by atoms with E-state index in [9.17, 15) is 13.2 Å². The van der Waals surface area contributed by atoms with Crippen LogP contribution < -0.4 is 0 Å². The van der Waals surface area contributed by atoms with Gasteiger partial charge in [-0.2, -0.15) is 0 Å². The normalized spacial score (nSPS) is 47.0. The maximum absolute atomic E-state index is 14.1. The van der Waals surface area contributed by atoms with Crippen LogP contribution in [0.3, 0.4) is 0 Å². The predicted octanol–water partition coefficient (Wildman–Crippen LogP) is 6.62. The predicted molar refractivity (Wildman–Crippen MR) is 143 cm³/mol. The summed E-state index contributed by atoms with van der Waals surface area (Å²) in [6, 6.07) is 0. The Morgan fingerprint density at radius 2 is 1.69 bits per heavy atom. The van der Waals surface area contributed by atoms with E-state index in [4.69, 9.17) is 4.74 Å². The van der Waals surface area contributed by atoms with Crippen LogP contribution in [0.2, 0.25) is 0 Å². The molecule has 2 bridgehead atoms. The Labute approximate surface area is 220 Å². The van der Waals surface area contributed by atoms with E-state index in [2.05, 4.69) is 34.6 Å². The third-order valence-electron chi connectivity index (χ3n) is 12.7. The fourth-order valence-electron chi connectivity index (χ4n) is 11.0. The molecule has 1 heterocycles. The zero-order valence-corrected chi connectivity index (χ0v) is 24.8. The van der Waals surface area contributed by atoms with Crippen LogP contribution in [0.4, 0.5) is 0 Å². The molecule has 4 saturated carbocycles. The van der Waals surface area contributed by atoms with Crippen molar-refractivity contribution < 1.29 is 17.9 Å². The first-order valence-corrected chi connectivity index (χ1v) is 16.7. The maximum Gasteiger partial charge on any atom is 0.245 e. The van der Waals surface area contributed by atoms with Gasteiger partial charge in [-0.15, -0.1) is 0 Å². The highest BCUT2D eigenvalue weighted by Crippen LogP contribution is 2.74. The van der Waals surface area contributed by atoms with E-state index in [-0.39, 0.29) is 11.3 Å². The fraction of sp³-hybridized carbons (Fsp3) is 0.967. The van der Waals surface area contributed by atoms with Gasteiger partial charge in [0.25, 0.3) is 0 Å². The molecule has 9 unspecified atom stereocenters. The van der Waals surface area contributed by atoms with Crippen molar-refractivity contribution in [3.63, 3.8) is 0 Å². The molecular formula is C30H51NO4S. The number of rotatable bonds is 7. The molecule has 0 radical (unpaired) electrons. The topological polar surface area (TPSA) is 63.7 Å². The first-order chi connectivity index (χ1) is 16.8. The van der Waals surface area contributed by atoms with Gasteiger partial charge in [0.2, 0.25) is 15.9 Å². The molecule has 5 nitrogen and oxygen atoms in total. The van der Waals surface area contributed by atoms with E-state index >= 15 is 0 Å². The van der Waals surface area contributed by atoms with Crippen molar-refractivity contribution in [1.82, 2.24) is 4.31 Å². The monoisotopic (exact) mass is 521 g/mol. The van der Waals surface area contributed by atoms with Gasteiger partial charge in [0.15, 0.2) is 5.72 Å². The quantitative estimate of drug-likeness (QED) is 0.377. The highest BCUT2D eigenvalue weighted by atomic mass is 32.2. The summed E-state index contributed by atoms with van der Waals surface area (Å²) in [7, 11) is -2.09. The summed E-state index contributed by atoms with van der Waals surface area (Å²) >= 11 is 0. The number of carbonyl (C=O) groups is 1. The molecule has 0 aromatic heterocycles. The second-order valence-corrected chi connectivity index (χ2v) is 16.4. The SMILES string of the molecule is COC12CCC3(C)C4CCC5(C)C(C(C)CCCC(C)C)CCC5C4CCC3(C1)C(=O)N2S(C)(=O)=O. The van der Waals surface area contributed by atoms with Crippen molar-refractivity contribution >= 4 is 15.9 Å². The Morgan fingerprint density at radius 1 is 0.972 bits per heavy atom. The summed E-state index contributed by atoms with van der Waals surface area (Å²) in [5.74, 6) is 4.17. The second-order valence-electron chi connectivity index (χ2n) is 14.6. The number of fused-ring (bicyclic) bond motifs is 5. The molecule has 9 atom stereocenters. The lowest BCUT2D eigenvalue weighted by molar-refractivity contribution is -0.183. The van der Waals surface area contributed by atoms with Gasteiger partial charge in [-0.1, -0.05) is 53.9 Å². The Bertz CT molecular complexity index is 995. The Balaban J connectivity index is 1.41. The molecule has 0 aromatic rings. The first kappa shape index (κ1) is 27.0. The Kier molecular flexibility index (Phi) is 6.51. The molecule has 5 rings (SSSR count). The zero-order chi connectivity index (χ0) is 26.3. The van der Waals surface area contributed by atoms with Crippen LogP contribution in [0.1, 0.15) is 112 Å². The summed E-state index contributed by atoms with van der Waals surface area (Å²) in [5.41, 5.74) is -1.30. The van der Waals surface area contributed by atoms with Crippen LogP contribution in [-0.2, 0) is 19.6 Å². The van der Waals surface area contributed by atoms with Gasteiger partial charge in [-0.25, -0.2) is 12.7 Å². The molecule has 6 heteroatoms. The lowest BCUT2D eigenvalue weighted by atomic mass is 9.40. The standard InChI is InChI=1S/C30H51NO4S/c1-20(2)9-8-10-21(3)23-11-12-24-22-13-16-29-19-30(35-6,31(26(29)32)36(7,33)34)18-17-28(29,5)25(22)14-15-27(23,24)4/h20-25H,8-19H2,1-7H3. The average molecular weight is 522 g/mol. The minimum Gasteiger partial charge on any atom is -0.358 e. The van der Waals surface area contributed by atoms with Crippen molar-refractivity contribution in [3.05, 3.63) is 0 Å². The van der Waals surface area contributed by atoms with Crippen LogP contribution in [0.5, 0.6) is 0 Å². The summed E-state index contributed by atoms with van der Waals surface area (Å²) in [5, 5.41) is 0. The van der Waals surface area contributed by atoms with Crippen LogP contribution in [0.15, 0.2) is 0 Å². The molecule has 206 valence electrons.